The summed E-state index contributed by atoms with van der Waals surface area (Å²) in [7, 11) is 0. The van der Waals surface area contributed by atoms with Gasteiger partial charge in [-0.25, -0.2) is 4.39 Å². The molecule has 1 atom stereocenters. The quantitative estimate of drug-likeness (QED) is 0.769. The van der Waals surface area contributed by atoms with Crippen LogP contribution in [0.5, 0.6) is 0 Å². The van der Waals surface area contributed by atoms with E-state index in [4.69, 9.17) is 11.6 Å². The van der Waals surface area contributed by atoms with Crippen LogP contribution in [0.1, 0.15) is 17.4 Å². The van der Waals surface area contributed by atoms with Crippen molar-refractivity contribution >= 4 is 22.4 Å². The fraction of sp³-hybridized carbons (Fsp3) is 0.0625. The molecule has 0 fully saturated rings. The summed E-state index contributed by atoms with van der Waals surface area (Å²) >= 11 is 6.04. The second-order valence-electron chi connectivity index (χ2n) is 4.49. The second-order valence-corrected chi connectivity index (χ2v) is 4.89. The Morgan fingerprint density at radius 3 is 2.75 bits per heavy atom. The van der Waals surface area contributed by atoms with Crippen LogP contribution in [0.2, 0.25) is 5.02 Å². The third-order valence-corrected chi connectivity index (χ3v) is 3.56. The van der Waals surface area contributed by atoms with Crippen molar-refractivity contribution in [3.8, 4) is 0 Å². The van der Waals surface area contributed by atoms with Gasteiger partial charge in [0.2, 0.25) is 0 Å². The Hall–Kier alpha value is -1.97. The summed E-state index contributed by atoms with van der Waals surface area (Å²) < 4.78 is 13.3. The highest BCUT2D eigenvalue weighted by molar-refractivity contribution is 6.31. The number of rotatable bonds is 2. The van der Waals surface area contributed by atoms with E-state index in [1.807, 2.05) is 30.3 Å². The number of aliphatic hydroxyl groups is 1. The van der Waals surface area contributed by atoms with Crippen molar-refractivity contribution < 1.29 is 9.50 Å². The first kappa shape index (κ1) is 13.0. The normalized spacial score (nSPS) is 12.6. The Labute approximate surface area is 120 Å². The molecule has 1 N–H and O–H groups in total. The van der Waals surface area contributed by atoms with Gasteiger partial charge in [0, 0.05) is 22.2 Å². The van der Waals surface area contributed by atoms with Gasteiger partial charge in [0.25, 0.3) is 0 Å². The Kier molecular flexibility index (Phi) is 3.38. The smallest absolute Gasteiger partial charge is 0.123 e. The maximum atomic E-state index is 13.3. The van der Waals surface area contributed by atoms with Crippen LogP contribution in [0.15, 0.2) is 54.7 Å². The molecule has 0 saturated heterocycles. The summed E-state index contributed by atoms with van der Waals surface area (Å²) in [5.41, 5.74) is 0.783. The molecule has 0 aliphatic heterocycles. The van der Waals surface area contributed by atoms with Crippen LogP contribution in [0.25, 0.3) is 10.8 Å². The number of fused-ring (bicyclic) bond motifs is 1. The summed E-state index contributed by atoms with van der Waals surface area (Å²) in [6, 6.07) is 13.4. The van der Waals surface area contributed by atoms with Crippen molar-refractivity contribution in [2.24, 2.45) is 0 Å². The van der Waals surface area contributed by atoms with Gasteiger partial charge in [0.1, 0.15) is 11.9 Å². The van der Waals surface area contributed by atoms with Crippen molar-refractivity contribution in [2.45, 2.75) is 6.10 Å². The zero-order valence-corrected chi connectivity index (χ0v) is 11.2. The first-order valence-corrected chi connectivity index (χ1v) is 6.51. The Morgan fingerprint density at radius 2 is 1.90 bits per heavy atom. The van der Waals surface area contributed by atoms with Crippen LogP contribution in [0, 0.1) is 5.82 Å². The molecule has 0 aliphatic rings. The molecule has 0 saturated carbocycles. The van der Waals surface area contributed by atoms with Crippen molar-refractivity contribution in [1.82, 2.24) is 4.98 Å². The second kappa shape index (κ2) is 5.19. The Balaban J connectivity index is 2.17. The minimum Gasteiger partial charge on any atom is -0.382 e. The molecule has 20 heavy (non-hydrogen) atoms. The van der Waals surface area contributed by atoms with Gasteiger partial charge in [-0.15, -0.1) is 0 Å². The zero-order valence-electron chi connectivity index (χ0n) is 10.4. The third-order valence-electron chi connectivity index (χ3n) is 3.22. The fourth-order valence-electron chi connectivity index (χ4n) is 2.23. The van der Waals surface area contributed by atoms with Crippen molar-refractivity contribution in [3.05, 3.63) is 76.8 Å². The Morgan fingerprint density at radius 1 is 1.10 bits per heavy atom. The maximum Gasteiger partial charge on any atom is 0.123 e. The molecule has 100 valence electrons. The predicted molar refractivity (Wildman–Crippen MR) is 77.2 cm³/mol. The molecule has 0 aliphatic carbocycles. The van der Waals surface area contributed by atoms with Gasteiger partial charge in [-0.1, -0.05) is 35.9 Å². The highest BCUT2D eigenvalue weighted by Gasteiger charge is 2.18. The van der Waals surface area contributed by atoms with Gasteiger partial charge < -0.3 is 5.11 Å². The summed E-state index contributed by atoms with van der Waals surface area (Å²) in [5.74, 6) is -0.441. The van der Waals surface area contributed by atoms with Gasteiger partial charge in [-0.2, -0.15) is 0 Å². The number of benzene rings is 2. The van der Waals surface area contributed by atoms with E-state index < -0.39 is 11.9 Å². The number of aliphatic hydroxyl groups excluding tert-OH is 1. The Bertz CT molecular complexity index is 770. The van der Waals surface area contributed by atoms with E-state index >= 15 is 0 Å². The molecule has 1 heterocycles. The lowest BCUT2D eigenvalue weighted by molar-refractivity contribution is 0.216. The topological polar surface area (TPSA) is 33.1 Å². The van der Waals surface area contributed by atoms with Crippen LogP contribution < -0.4 is 0 Å². The molecule has 0 bridgehead atoms. The van der Waals surface area contributed by atoms with E-state index in [0.717, 1.165) is 10.8 Å². The zero-order chi connectivity index (χ0) is 14.1. The van der Waals surface area contributed by atoms with Crippen LogP contribution in [0.3, 0.4) is 0 Å². The largest absolute Gasteiger partial charge is 0.382 e. The van der Waals surface area contributed by atoms with Gasteiger partial charge in [0.05, 0.1) is 5.69 Å². The maximum absolute atomic E-state index is 13.3. The average molecular weight is 288 g/mol. The monoisotopic (exact) mass is 287 g/mol. The highest BCUT2D eigenvalue weighted by Crippen LogP contribution is 2.31. The molecule has 1 unspecified atom stereocenters. The summed E-state index contributed by atoms with van der Waals surface area (Å²) in [6.07, 6.45) is 0.554. The summed E-state index contributed by atoms with van der Waals surface area (Å²) in [6.45, 7) is 0. The van der Waals surface area contributed by atoms with Crippen LogP contribution in [-0.2, 0) is 0 Å². The third kappa shape index (κ3) is 2.26. The van der Waals surface area contributed by atoms with Crippen molar-refractivity contribution in [3.63, 3.8) is 0 Å². The highest BCUT2D eigenvalue weighted by atomic mass is 35.5. The predicted octanol–water partition coefficient (Wildman–Crippen LogP) is 4.11. The molecule has 2 nitrogen and oxygen atoms in total. The van der Waals surface area contributed by atoms with Crippen LogP contribution >= 0.6 is 11.6 Å². The van der Waals surface area contributed by atoms with E-state index in [-0.39, 0.29) is 0 Å². The molecule has 3 aromatic rings. The molecule has 0 amide bonds. The first-order valence-electron chi connectivity index (χ1n) is 6.13. The molecule has 3 rings (SSSR count). The lowest BCUT2D eigenvalue weighted by Gasteiger charge is -2.14. The molecule has 4 heteroatoms. The number of hydrogen-bond donors (Lipinski definition) is 1. The van der Waals surface area contributed by atoms with E-state index in [0.29, 0.717) is 16.3 Å². The molecular formula is C16H11ClFNO. The van der Waals surface area contributed by atoms with Crippen LogP contribution in [-0.4, -0.2) is 10.1 Å². The van der Waals surface area contributed by atoms with Crippen LogP contribution in [0.4, 0.5) is 4.39 Å². The number of nitrogens with zero attached hydrogens (tertiary/aromatic N) is 1. The minimum absolute atomic E-state index is 0.314. The summed E-state index contributed by atoms with van der Waals surface area (Å²) in [5, 5.41) is 12.6. The standard InChI is InChI=1S/C16H11ClFNO/c17-14-6-5-11(18)9-13(14)16(20)15-12-4-2-1-3-10(12)7-8-19-15/h1-9,16,20H. The molecule has 1 aromatic heterocycles. The van der Waals surface area contributed by atoms with E-state index in [9.17, 15) is 9.50 Å². The SMILES string of the molecule is OC(c1cc(F)ccc1Cl)c1nccc2ccccc12. The molecule has 2 aromatic carbocycles. The fourth-order valence-corrected chi connectivity index (χ4v) is 2.45. The minimum atomic E-state index is -1.07. The number of aromatic nitrogens is 1. The average Bonchev–Trinajstić information content (AvgIpc) is 2.48. The van der Waals surface area contributed by atoms with E-state index in [2.05, 4.69) is 4.98 Å². The van der Waals surface area contributed by atoms with E-state index in [1.54, 1.807) is 6.20 Å². The van der Waals surface area contributed by atoms with Gasteiger partial charge in [0.15, 0.2) is 0 Å². The molecular weight excluding hydrogens is 277 g/mol. The van der Waals surface area contributed by atoms with E-state index in [1.165, 1.54) is 18.2 Å². The number of hydrogen-bond acceptors (Lipinski definition) is 2. The molecule has 0 spiro atoms. The number of halogens is 2. The lowest BCUT2D eigenvalue weighted by atomic mass is 10.0. The summed E-state index contributed by atoms with van der Waals surface area (Å²) in [4.78, 5) is 4.22. The van der Waals surface area contributed by atoms with Gasteiger partial charge in [-0.05, 0) is 29.7 Å². The van der Waals surface area contributed by atoms with Crippen molar-refractivity contribution in [2.75, 3.05) is 0 Å². The van der Waals surface area contributed by atoms with Crippen molar-refractivity contribution in [1.29, 1.82) is 0 Å². The first-order chi connectivity index (χ1) is 9.66. The number of pyridine rings is 1. The van der Waals surface area contributed by atoms with Gasteiger partial charge >= 0.3 is 0 Å². The lowest BCUT2D eigenvalue weighted by Crippen LogP contribution is -2.04. The van der Waals surface area contributed by atoms with Gasteiger partial charge in [-0.3, -0.25) is 4.98 Å². The molecule has 0 radical (unpaired) electrons.